The van der Waals surface area contributed by atoms with Gasteiger partial charge in [0.15, 0.2) is 0 Å². The summed E-state index contributed by atoms with van der Waals surface area (Å²) in [6.07, 6.45) is 6.78. The standard InChI is InChI=1S/C18H23NO/c20-18-8-4-7-14-9-16(18)10-15(11-18)17(14)19-12-13-5-2-1-3-6-13/h1-3,5-6,14-16,20H,4,7-12H2/t14?,15-,16?,18-/m1/s1. The number of fused-ring (bicyclic) bond motifs is 2. The summed E-state index contributed by atoms with van der Waals surface area (Å²) in [5, 5.41) is 10.8. The van der Waals surface area contributed by atoms with Crippen molar-refractivity contribution < 1.29 is 5.11 Å². The van der Waals surface area contributed by atoms with Crippen molar-refractivity contribution in [3.63, 3.8) is 0 Å². The lowest BCUT2D eigenvalue weighted by Crippen LogP contribution is -2.32. The molecule has 0 amide bonds. The third-order valence-electron chi connectivity index (χ3n) is 5.78. The summed E-state index contributed by atoms with van der Waals surface area (Å²) in [6.45, 7) is 0.812. The number of aliphatic imine (C=N–C) groups is 1. The summed E-state index contributed by atoms with van der Waals surface area (Å²) in [4.78, 5) is 4.99. The SMILES string of the molecule is O[C@@]12CCCC3CC1C[C@H](C2)C3=NCc1ccccc1. The second kappa shape index (κ2) is 4.70. The smallest absolute Gasteiger partial charge is 0.0682 e. The average Bonchev–Trinajstić information content (AvgIpc) is 2.64. The molecule has 20 heavy (non-hydrogen) atoms. The van der Waals surface area contributed by atoms with Crippen LogP contribution in [0.25, 0.3) is 0 Å². The van der Waals surface area contributed by atoms with Gasteiger partial charge in [0.1, 0.15) is 0 Å². The highest BCUT2D eigenvalue weighted by atomic mass is 16.3. The molecule has 106 valence electrons. The molecule has 1 aromatic carbocycles. The molecule has 0 heterocycles. The van der Waals surface area contributed by atoms with E-state index >= 15 is 0 Å². The predicted octanol–water partition coefficient (Wildman–Crippen LogP) is 3.59. The second-order valence-electron chi connectivity index (χ2n) is 6.99. The lowest BCUT2D eigenvalue weighted by atomic mass is 9.77. The maximum atomic E-state index is 10.8. The Morgan fingerprint density at radius 2 is 1.95 bits per heavy atom. The molecule has 2 heteroatoms. The Morgan fingerprint density at radius 3 is 2.80 bits per heavy atom. The van der Waals surface area contributed by atoms with E-state index in [4.69, 9.17) is 4.99 Å². The fraction of sp³-hybridized carbons (Fsp3) is 0.611. The average molecular weight is 269 g/mol. The Hall–Kier alpha value is -1.15. The van der Waals surface area contributed by atoms with Crippen LogP contribution in [0.2, 0.25) is 0 Å². The topological polar surface area (TPSA) is 32.6 Å². The van der Waals surface area contributed by atoms with E-state index in [-0.39, 0.29) is 5.60 Å². The molecule has 0 aromatic heterocycles. The molecule has 1 aromatic rings. The zero-order chi connectivity index (χ0) is 13.6. The molecule has 3 aliphatic rings. The van der Waals surface area contributed by atoms with Gasteiger partial charge >= 0.3 is 0 Å². The minimum atomic E-state index is -0.358. The van der Waals surface area contributed by atoms with Gasteiger partial charge in [0.2, 0.25) is 0 Å². The fourth-order valence-electron chi connectivity index (χ4n) is 4.83. The number of hydrogen-bond acceptors (Lipinski definition) is 2. The summed E-state index contributed by atoms with van der Waals surface area (Å²) < 4.78 is 0. The van der Waals surface area contributed by atoms with E-state index in [0.717, 1.165) is 19.4 Å². The lowest BCUT2D eigenvalue weighted by molar-refractivity contribution is -0.00376. The Morgan fingerprint density at radius 1 is 1.15 bits per heavy atom. The molecule has 3 aliphatic carbocycles. The first-order chi connectivity index (χ1) is 9.74. The molecule has 2 unspecified atom stereocenters. The normalized spacial score (nSPS) is 41.0. The van der Waals surface area contributed by atoms with Crippen molar-refractivity contribution in [1.82, 2.24) is 0 Å². The Balaban J connectivity index is 1.59. The molecular formula is C18H23NO. The molecule has 4 rings (SSSR count). The Labute approximate surface area is 120 Å². The van der Waals surface area contributed by atoms with E-state index in [1.807, 2.05) is 0 Å². The molecule has 4 atom stereocenters. The number of nitrogens with zero attached hydrogens (tertiary/aromatic N) is 1. The summed E-state index contributed by atoms with van der Waals surface area (Å²) in [5.41, 5.74) is 2.37. The van der Waals surface area contributed by atoms with Gasteiger partial charge in [-0.3, -0.25) is 4.99 Å². The van der Waals surface area contributed by atoms with E-state index in [1.54, 1.807) is 0 Å². The van der Waals surface area contributed by atoms with Crippen molar-refractivity contribution in [3.05, 3.63) is 35.9 Å². The third-order valence-corrected chi connectivity index (χ3v) is 5.78. The van der Waals surface area contributed by atoms with Crippen molar-refractivity contribution in [2.75, 3.05) is 0 Å². The van der Waals surface area contributed by atoms with Gasteiger partial charge in [-0.05, 0) is 55.9 Å². The number of aliphatic hydroxyl groups is 1. The second-order valence-corrected chi connectivity index (χ2v) is 6.99. The highest BCUT2D eigenvalue weighted by Gasteiger charge is 2.53. The first-order valence-corrected chi connectivity index (χ1v) is 8.05. The van der Waals surface area contributed by atoms with Crippen molar-refractivity contribution in [1.29, 1.82) is 0 Å². The van der Waals surface area contributed by atoms with Crippen molar-refractivity contribution in [3.8, 4) is 0 Å². The molecule has 0 saturated heterocycles. The summed E-state index contributed by atoms with van der Waals surface area (Å²) >= 11 is 0. The van der Waals surface area contributed by atoms with Crippen LogP contribution in [0.5, 0.6) is 0 Å². The summed E-state index contributed by atoms with van der Waals surface area (Å²) in [6, 6.07) is 10.5. The monoisotopic (exact) mass is 269 g/mol. The zero-order valence-corrected chi connectivity index (χ0v) is 12.0. The summed E-state index contributed by atoms with van der Waals surface area (Å²) in [7, 11) is 0. The molecule has 2 nitrogen and oxygen atoms in total. The molecule has 0 aliphatic heterocycles. The first-order valence-electron chi connectivity index (χ1n) is 8.05. The zero-order valence-electron chi connectivity index (χ0n) is 12.0. The van der Waals surface area contributed by atoms with Crippen LogP contribution in [0.3, 0.4) is 0 Å². The fourth-order valence-corrected chi connectivity index (χ4v) is 4.83. The van der Waals surface area contributed by atoms with Gasteiger partial charge in [0.05, 0.1) is 12.1 Å². The lowest BCUT2D eigenvalue weighted by Gasteiger charge is -2.29. The van der Waals surface area contributed by atoms with E-state index in [0.29, 0.717) is 17.8 Å². The number of hydrogen-bond donors (Lipinski definition) is 1. The number of benzene rings is 1. The van der Waals surface area contributed by atoms with Gasteiger partial charge in [-0.1, -0.05) is 30.3 Å². The summed E-state index contributed by atoms with van der Waals surface area (Å²) in [5.74, 6) is 1.77. The van der Waals surface area contributed by atoms with Crippen LogP contribution in [0, 0.1) is 17.8 Å². The molecule has 0 radical (unpaired) electrons. The highest BCUT2D eigenvalue weighted by Crippen LogP contribution is 2.54. The van der Waals surface area contributed by atoms with E-state index in [2.05, 4.69) is 30.3 Å². The van der Waals surface area contributed by atoms with E-state index in [1.165, 1.54) is 37.0 Å². The number of rotatable bonds is 2. The predicted molar refractivity (Wildman–Crippen MR) is 80.7 cm³/mol. The molecule has 3 saturated carbocycles. The van der Waals surface area contributed by atoms with Gasteiger partial charge in [0, 0.05) is 11.6 Å². The van der Waals surface area contributed by atoms with Gasteiger partial charge in [-0.25, -0.2) is 0 Å². The van der Waals surface area contributed by atoms with Crippen LogP contribution >= 0.6 is 0 Å². The van der Waals surface area contributed by atoms with Crippen LogP contribution in [0.4, 0.5) is 0 Å². The van der Waals surface area contributed by atoms with Gasteiger partial charge in [-0.15, -0.1) is 0 Å². The Bertz CT molecular complexity index is 519. The van der Waals surface area contributed by atoms with Crippen LogP contribution < -0.4 is 0 Å². The van der Waals surface area contributed by atoms with E-state index in [9.17, 15) is 5.11 Å². The largest absolute Gasteiger partial charge is 0.390 e. The molecule has 3 bridgehead atoms. The minimum Gasteiger partial charge on any atom is -0.390 e. The highest BCUT2D eigenvalue weighted by molar-refractivity contribution is 5.90. The molecular weight excluding hydrogens is 246 g/mol. The van der Waals surface area contributed by atoms with Gasteiger partial charge in [-0.2, -0.15) is 0 Å². The Kier molecular flexibility index (Phi) is 2.95. The quantitative estimate of drug-likeness (QED) is 0.874. The van der Waals surface area contributed by atoms with Crippen LogP contribution in [-0.2, 0) is 6.54 Å². The first kappa shape index (κ1) is 12.6. The maximum Gasteiger partial charge on any atom is 0.0682 e. The van der Waals surface area contributed by atoms with Gasteiger partial charge in [0.25, 0.3) is 0 Å². The van der Waals surface area contributed by atoms with Gasteiger partial charge < -0.3 is 5.11 Å². The van der Waals surface area contributed by atoms with Crippen molar-refractivity contribution in [2.45, 2.75) is 50.7 Å². The van der Waals surface area contributed by atoms with Crippen molar-refractivity contribution in [2.24, 2.45) is 22.7 Å². The van der Waals surface area contributed by atoms with Crippen molar-refractivity contribution >= 4 is 5.71 Å². The van der Waals surface area contributed by atoms with Crippen LogP contribution in [0.15, 0.2) is 35.3 Å². The molecule has 3 fully saturated rings. The third kappa shape index (κ3) is 2.01. The van der Waals surface area contributed by atoms with E-state index < -0.39 is 0 Å². The molecule has 1 N–H and O–H groups in total. The van der Waals surface area contributed by atoms with Crippen LogP contribution in [-0.4, -0.2) is 16.4 Å². The molecule has 0 spiro atoms. The van der Waals surface area contributed by atoms with Crippen LogP contribution in [0.1, 0.15) is 44.1 Å². The maximum absolute atomic E-state index is 10.8. The minimum absolute atomic E-state index is 0.358.